The van der Waals surface area contributed by atoms with E-state index < -0.39 is 14.8 Å². The van der Waals surface area contributed by atoms with Crippen molar-refractivity contribution in [1.29, 1.82) is 0 Å². The van der Waals surface area contributed by atoms with Crippen LogP contribution in [0.4, 0.5) is 11.4 Å². The number of nitrogens with zero attached hydrogens (tertiary/aromatic N) is 2. The highest BCUT2D eigenvalue weighted by molar-refractivity contribution is 7.90. The Bertz CT molecular complexity index is 921. The van der Waals surface area contributed by atoms with Crippen molar-refractivity contribution in [3.05, 3.63) is 58.6 Å². The molecular weight excluding hydrogens is 372 g/mol. The average Bonchev–Trinajstić information content (AvgIpc) is 2.60. The number of benzene rings is 2. The lowest BCUT2D eigenvalue weighted by Gasteiger charge is -2.27. The first-order valence-electron chi connectivity index (χ1n) is 8.09. The van der Waals surface area contributed by atoms with E-state index in [-0.39, 0.29) is 29.1 Å². The lowest BCUT2D eigenvalue weighted by atomic mass is 10.2. The summed E-state index contributed by atoms with van der Waals surface area (Å²) in [5.41, 5.74) is 0.484. The molecule has 1 amide bonds. The Morgan fingerprint density at radius 3 is 2.11 bits per heavy atom. The zero-order valence-corrected chi connectivity index (χ0v) is 16.0. The molecule has 0 N–H and O–H groups in total. The van der Waals surface area contributed by atoms with E-state index in [1.807, 2.05) is 13.8 Å². The third-order valence-corrected chi connectivity index (χ3v) is 4.87. The van der Waals surface area contributed by atoms with Gasteiger partial charge in [0.15, 0.2) is 16.4 Å². The van der Waals surface area contributed by atoms with Gasteiger partial charge in [-0.3, -0.25) is 14.9 Å². The molecule has 144 valence electrons. The molecule has 2 aromatic rings. The zero-order chi connectivity index (χ0) is 20.2. The average molecular weight is 392 g/mol. The zero-order valence-electron chi connectivity index (χ0n) is 15.2. The lowest BCUT2D eigenvalue weighted by molar-refractivity contribution is -0.384. The van der Waals surface area contributed by atoms with Crippen LogP contribution in [0.3, 0.4) is 0 Å². The summed E-state index contributed by atoms with van der Waals surface area (Å²) in [7, 11) is -3.32. The van der Waals surface area contributed by atoms with Crippen LogP contribution in [0.5, 0.6) is 5.75 Å². The van der Waals surface area contributed by atoms with Gasteiger partial charge in [-0.15, -0.1) is 0 Å². The molecule has 27 heavy (non-hydrogen) atoms. The van der Waals surface area contributed by atoms with Gasteiger partial charge >= 0.3 is 0 Å². The topological polar surface area (TPSA) is 107 Å². The number of nitro benzene ring substituents is 1. The third kappa shape index (κ3) is 5.27. The Morgan fingerprint density at radius 2 is 1.67 bits per heavy atom. The predicted octanol–water partition coefficient (Wildman–Crippen LogP) is 2.82. The van der Waals surface area contributed by atoms with Crippen LogP contribution in [0.25, 0.3) is 0 Å². The van der Waals surface area contributed by atoms with E-state index in [1.54, 1.807) is 12.1 Å². The van der Waals surface area contributed by atoms with Crippen LogP contribution in [0.2, 0.25) is 0 Å². The standard InChI is InChI=1S/C18H20N2O6S/c1-13(2)19(14-6-10-17(11-7-14)27(3,24)25)18(21)12-26-16-8-4-15(5-9-16)20(22)23/h4-11,13H,12H2,1-3H3. The molecule has 0 fully saturated rings. The van der Waals surface area contributed by atoms with Gasteiger partial charge < -0.3 is 9.64 Å². The molecule has 2 rings (SSSR count). The summed E-state index contributed by atoms with van der Waals surface area (Å²) >= 11 is 0. The Hall–Kier alpha value is -2.94. The van der Waals surface area contributed by atoms with Gasteiger partial charge in [0.2, 0.25) is 0 Å². The summed E-state index contributed by atoms with van der Waals surface area (Å²) in [5.74, 6) is 0.0144. The van der Waals surface area contributed by atoms with E-state index in [9.17, 15) is 23.3 Å². The number of hydrogen-bond acceptors (Lipinski definition) is 6. The molecule has 2 aromatic carbocycles. The number of carbonyl (C=O) groups is 1. The second-order valence-electron chi connectivity index (χ2n) is 6.16. The number of rotatable bonds is 7. The Labute approximate surface area is 157 Å². The van der Waals surface area contributed by atoms with Crippen molar-refractivity contribution in [2.24, 2.45) is 0 Å². The Balaban J connectivity index is 2.11. The number of sulfone groups is 1. The summed E-state index contributed by atoms with van der Waals surface area (Å²) in [6.07, 6.45) is 1.12. The maximum absolute atomic E-state index is 12.6. The fraction of sp³-hybridized carbons (Fsp3) is 0.278. The van der Waals surface area contributed by atoms with Crippen molar-refractivity contribution in [2.45, 2.75) is 24.8 Å². The molecule has 8 nitrogen and oxygen atoms in total. The first kappa shape index (κ1) is 20.4. The van der Waals surface area contributed by atoms with Crippen LogP contribution in [0.1, 0.15) is 13.8 Å². The minimum Gasteiger partial charge on any atom is -0.484 e. The number of amides is 1. The number of carbonyl (C=O) groups excluding carboxylic acids is 1. The van der Waals surface area contributed by atoms with E-state index in [1.165, 1.54) is 41.3 Å². The highest BCUT2D eigenvalue weighted by Crippen LogP contribution is 2.21. The number of non-ortho nitro benzene ring substituents is 1. The van der Waals surface area contributed by atoms with Gasteiger partial charge in [0.05, 0.1) is 9.82 Å². The lowest BCUT2D eigenvalue weighted by Crippen LogP contribution is -2.40. The quantitative estimate of drug-likeness (QED) is 0.530. The fourth-order valence-electron chi connectivity index (χ4n) is 2.46. The van der Waals surface area contributed by atoms with E-state index in [0.717, 1.165) is 6.26 Å². The van der Waals surface area contributed by atoms with E-state index in [0.29, 0.717) is 11.4 Å². The monoisotopic (exact) mass is 392 g/mol. The van der Waals surface area contributed by atoms with Gasteiger partial charge in [0.1, 0.15) is 5.75 Å². The number of hydrogen-bond donors (Lipinski definition) is 0. The van der Waals surface area contributed by atoms with Gasteiger partial charge in [-0.25, -0.2) is 8.42 Å². The normalized spacial score (nSPS) is 11.3. The van der Waals surface area contributed by atoms with Crippen molar-refractivity contribution >= 4 is 27.1 Å². The minimum absolute atomic E-state index is 0.0663. The van der Waals surface area contributed by atoms with Crippen molar-refractivity contribution < 1.29 is 22.9 Å². The molecular formula is C18H20N2O6S. The smallest absolute Gasteiger partial charge is 0.269 e. The first-order chi connectivity index (χ1) is 12.6. The predicted molar refractivity (Wildman–Crippen MR) is 101 cm³/mol. The fourth-order valence-corrected chi connectivity index (χ4v) is 3.09. The molecule has 0 saturated heterocycles. The molecule has 0 aliphatic rings. The van der Waals surface area contributed by atoms with Gasteiger partial charge in [0.25, 0.3) is 11.6 Å². The summed E-state index contributed by atoms with van der Waals surface area (Å²) in [6.45, 7) is 3.40. The summed E-state index contributed by atoms with van der Waals surface area (Å²) < 4.78 is 28.6. The van der Waals surface area contributed by atoms with Crippen molar-refractivity contribution in [2.75, 3.05) is 17.8 Å². The summed E-state index contributed by atoms with van der Waals surface area (Å²) in [4.78, 5) is 24.4. The molecule has 0 radical (unpaired) electrons. The molecule has 0 bridgehead atoms. The van der Waals surface area contributed by atoms with Crippen molar-refractivity contribution in [3.63, 3.8) is 0 Å². The minimum atomic E-state index is -3.32. The van der Waals surface area contributed by atoms with Crippen LogP contribution in [-0.2, 0) is 14.6 Å². The maximum Gasteiger partial charge on any atom is 0.269 e. The van der Waals surface area contributed by atoms with E-state index in [2.05, 4.69) is 0 Å². The molecule has 0 aliphatic carbocycles. The second-order valence-corrected chi connectivity index (χ2v) is 8.18. The van der Waals surface area contributed by atoms with Crippen molar-refractivity contribution in [1.82, 2.24) is 0 Å². The van der Waals surface area contributed by atoms with Crippen LogP contribution in [0, 0.1) is 10.1 Å². The highest BCUT2D eigenvalue weighted by atomic mass is 32.2. The van der Waals surface area contributed by atoms with Crippen LogP contribution >= 0.6 is 0 Å². The third-order valence-electron chi connectivity index (χ3n) is 3.74. The maximum atomic E-state index is 12.6. The molecule has 9 heteroatoms. The molecule has 0 heterocycles. The first-order valence-corrected chi connectivity index (χ1v) is 9.98. The molecule has 0 saturated carbocycles. The van der Waals surface area contributed by atoms with E-state index >= 15 is 0 Å². The van der Waals surface area contributed by atoms with Gasteiger partial charge in [0, 0.05) is 30.1 Å². The number of nitro groups is 1. The van der Waals surface area contributed by atoms with Gasteiger partial charge in [-0.2, -0.15) is 0 Å². The highest BCUT2D eigenvalue weighted by Gasteiger charge is 2.20. The van der Waals surface area contributed by atoms with E-state index in [4.69, 9.17) is 4.74 Å². The molecule has 0 aliphatic heterocycles. The number of ether oxygens (including phenoxy) is 1. The molecule has 0 unspecified atom stereocenters. The Kier molecular flexibility index (Phi) is 6.17. The van der Waals surface area contributed by atoms with Gasteiger partial charge in [-0.1, -0.05) is 0 Å². The Morgan fingerprint density at radius 1 is 1.11 bits per heavy atom. The molecule has 0 atom stereocenters. The summed E-state index contributed by atoms with van der Waals surface area (Å²) in [5, 5.41) is 10.7. The molecule has 0 spiro atoms. The van der Waals surface area contributed by atoms with Crippen molar-refractivity contribution in [3.8, 4) is 5.75 Å². The molecule has 0 aromatic heterocycles. The SMILES string of the molecule is CC(C)N(C(=O)COc1ccc([N+](=O)[O-])cc1)c1ccc(S(C)(=O)=O)cc1. The van der Waals surface area contributed by atoms with Crippen LogP contribution in [0.15, 0.2) is 53.4 Å². The van der Waals surface area contributed by atoms with Crippen LogP contribution < -0.4 is 9.64 Å². The second kappa shape index (κ2) is 8.17. The van der Waals surface area contributed by atoms with Gasteiger partial charge in [-0.05, 0) is 50.2 Å². The number of anilines is 1. The largest absolute Gasteiger partial charge is 0.484 e. The van der Waals surface area contributed by atoms with Crippen LogP contribution in [-0.4, -0.2) is 38.2 Å². The summed E-state index contributed by atoms with van der Waals surface area (Å²) in [6, 6.07) is 11.3.